The average molecular weight is 224 g/mol. The summed E-state index contributed by atoms with van der Waals surface area (Å²) >= 11 is 0. The summed E-state index contributed by atoms with van der Waals surface area (Å²) in [6, 6.07) is 1.27. The Bertz CT molecular complexity index is 368. The normalized spacial score (nSPS) is 11.8. The van der Waals surface area contributed by atoms with Gasteiger partial charge in [0.05, 0.1) is 7.11 Å². The second-order valence-electron chi connectivity index (χ2n) is 3.52. The van der Waals surface area contributed by atoms with Gasteiger partial charge in [0, 0.05) is 26.4 Å². The number of nitrogens with one attached hydrogen (secondary N) is 1. The summed E-state index contributed by atoms with van der Waals surface area (Å²) in [6.45, 7) is 1.76. The molecule has 0 bridgehead atoms. The molecule has 6 nitrogen and oxygen atoms in total. The number of likely N-dealkylation sites (N-methyl/N-ethyl adjacent to an activating group) is 1. The first-order chi connectivity index (χ1) is 7.54. The minimum Gasteiger partial charge on any atom is -0.481 e. The second-order valence-corrected chi connectivity index (χ2v) is 3.52. The highest BCUT2D eigenvalue weighted by Crippen LogP contribution is 2.08. The van der Waals surface area contributed by atoms with Crippen LogP contribution in [-0.4, -0.2) is 48.0 Å². The van der Waals surface area contributed by atoms with E-state index in [9.17, 15) is 4.79 Å². The zero-order valence-corrected chi connectivity index (χ0v) is 9.89. The highest BCUT2D eigenvalue weighted by atomic mass is 16.5. The molecule has 1 rings (SSSR count). The van der Waals surface area contributed by atoms with Crippen LogP contribution in [-0.2, 0) is 4.79 Å². The van der Waals surface area contributed by atoms with E-state index in [-0.39, 0.29) is 11.9 Å². The molecule has 0 radical (unpaired) electrons. The maximum absolute atomic E-state index is 11.6. The van der Waals surface area contributed by atoms with Gasteiger partial charge in [-0.3, -0.25) is 4.79 Å². The minimum atomic E-state index is -0.373. The number of amides is 1. The van der Waals surface area contributed by atoms with Crippen molar-refractivity contribution in [2.24, 2.45) is 0 Å². The van der Waals surface area contributed by atoms with Crippen LogP contribution in [0.2, 0.25) is 0 Å². The van der Waals surface area contributed by atoms with Crippen LogP contribution in [0.1, 0.15) is 6.92 Å². The second kappa shape index (κ2) is 5.29. The number of methoxy groups -OCH3 is 1. The van der Waals surface area contributed by atoms with E-state index in [1.54, 1.807) is 33.3 Å². The Hall–Kier alpha value is -1.85. The van der Waals surface area contributed by atoms with Crippen LogP contribution in [0.25, 0.3) is 0 Å². The van der Waals surface area contributed by atoms with Gasteiger partial charge in [0.2, 0.25) is 17.7 Å². The van der Waals surface area contributed by atoms with Crippen molar-refractivity contribution in [1.29, 1.82) is 0 Å². The van der Waals surface area contributed by atoms with E-state index in [4.69, 9.17) is 4.74 Å². The van der Waals surface area contributed by atoms with Crippen molar-refractivity contribution in [2.45, 2.75) is 13.0 Å². The number of anilines is 1. The predicted molar refractivity (Wildman–Crippen MR) is 60.4 cm³/mol. The van der Waals surface area contributed by atoms with Gasteiger partial charge < -0.3 is 15.0 Å². The molecular formula is C10H16N4O2. The molecule has 1 N–H and O–H groups in total. The van der Waals surface area contributed by atoms with Gasteiger partial charge in [-0.2, -0.15) is 4.98 Å². The zero-order chi connectivity index (χ0) is 12.1. The molecule has 0 aliphatic rings. The lowest BCUT2D eigenvalue weighted by molar-refractivity contribution is -0.129. The Kier molecular flexibility index (Phi) is 4.04. The number of carbonyl (C=O) groups excluding carboxylic acids is 1. The van der Waals surface area contributed by atoms with Crippen molar-refractivity contribution in [3.05, 3.63) is 12.3 Å². The monoisotopic (exact) mass is 224 g/mol. The highest BCUT2D eigenvalue weighted by molar-refractivity contribution is 5.83. The quantitative estimate of drug-likeness (QED) is 0.800. The Balaban J connectivity index is 2.69. The van der Waals surface area contributed by atoms with Crippen molar-refractivity contribution in [1.82, 2.24) is 14.9 Å². The SMILES string of the molecule is COc1ccnc(NC(C)C(=O)N(C)C)n1. The Morgan fingerprint density at radius 1 is 1.56 bits per heavy atom. The molecule has 0 aromatic carbocycles. The summed E-state index contributed by atoms with van der Waals surface area (Å²) in [6.07, 6.45) is 1.57. The maximum atomic E-state index is 11.6. The van der Waals surface area contributed by atoms with Gasteiger partial charge in [-0.25, -0.2) is 4.98 Å². The molecule has 0 saturated heterocycles. The lowest BCUT2D eigenvalue weighted by Gasteiger charge is -2.17. The summed E-state index contributed by atoms with van der Waals surface area (Å²) in [7, 11) is 4.93. The van der Waals surface area contributed by atoms with Gasteiger partial charge in [0.1, 0.15) is 6.04 Å². The minimum absolute atomic E-state index is 0.0357. The smallest absolute Gasteiger partial charge is 0.244 e. The van der Waals surface area contributed by atoms with Crippen LogP contribution in [0.3, 0.4) is 0 Å². The van der Waals surface area contributed by atoms with Gasteiger partial charge in [-0.1, -0.05) is 0 Å². The number of carbonyl (C=O) groups is 1. The fourth-order valence-corrected chi connectivity index (χ4v) is 1.17. The molecule has 1 atom stereocenters. The number of hydrogen-bond acceptors (Lipinski definition) is 5. The first kappa shape index (κ1) is 12.2. The van der Waals surface area contributed by atoms with E-state index in [0.29, 0.717) is 11.8 Å². The van der Waals surface area contributed by atoms with Gasteiger partial charge in [-0.15, -0.1) is 0 Å². The van der Waals surface area contributed by atoms with Crippen LogP contribution >= 0.6 is 0 Å². The van der Waals surface area contributed by atoms with Crippen molar-refractivity contribution in [3.8, 4) is 5.88 Å². The number of hydrogen-bond donors (Lipinski definition) is 1. The Morgan fingerprint density at radius 3 is 2.81 bits per heavy atom. The van der Waals surface area contributed by atoms with Crippen LogP contribution < -0.4 is 10.1 Å². The van der Waals surface area contributed by atoms with E-state index >= 15 is 0 Å². The third-order valence-electron chi connectivity index (χ3n) is 2.00. The highest BCUT2D eigenvalue weighted by Gasteiger charge is 2.15. The van der Waals surface area contributed by atoms with Gasteiger partial charge in [0.15, 0.2) is 0 Å². The molecular weight excluding hydrogens is 208 g/mol. The van der Waals surface area contributed by atoms with Crippen LogP contribution in [0.15, 0.2) is 12.3 Å². The molecule has 88 valence electrons. The molecule has 0 spiro atoms. The van der Waals surface area contributed by atoms with Crippen molar-refractivity contribution < 1.29 is 9.53 Å². The van der Waals surface area contributed by atoms with E-state index in [0.717, 1.165) is 0 Å². The molecule has 16 heavy (non-hydrogen) atoms. The zero-order valence-electron chi connectivity index (χ0n) is 9.89. The number of aromatic nitrogens is 2. The van der Waals surface area contributed by atoms with E-state index in [1.165, 1.54) is 12.0 Å². The third-order valence-corrected chi connectivity index (χ3v) is 2.00. The maximum Gasteiger partial charge on any atom is 0.244 e. The summed E-state index contributed by atoms with van der Waals surface area (Å²) in [5.41, 5.74) is 0. The average Bonchev–Trinajstić information content (AvgIpc) is 2.28. The fourth-order valence-electron chi connectivity index (χ4n) is 1.17. The predicted octanol–water partition coefficient (Wildman–Crippen LogP) is 0.374. The largest absolute Gasteiger partial charge is 0.481 e. The molecule has 1 amide bonds. The van der Waals surface area contributed by atoms with Crippen molar-refractivity contribution in [3.63, 3.8) is 0 Å². The lowest BCUT2D eigenvalue weighted by atomic mass is 10.3. The van der Waals surface area contributed by atoms with Crippen LogP contribution in [0.5, 0.6) is 5.88 Å². The Labute approximate surface area is 94.6 Å². The summed E-state index contributed by atoms with van der Waals surface area (Å²) in [5.74, 6) is 0.801. The molecule has 0 fully saturated rings. The molecule has 6 heteroatoms. The molecule has 0 aliphatic heterocycles. The van der Waals surface area contributed by atoms with Crippen molar-refractivity contribution >= 4 is 11.9 Å². The van der Waals surface area contributed by atoms with Gasteiger partial charge in [0.25, 0.3) is 0 Å². The molecule has 1 heterocycles. The topological polar surface area (TPSA) is 67.3 Å². The molecule has 0 aliphatic carbocycles. The molecule has 1 unspecified atom stereocenters. The molecule has 0 saturated carbocycles. The van der Waals surface area contributed by atoms with E-state index in [2.05, 4.69) is 15.3 Å². The summed E-state index contributed by atoms with van der Waals surface area (Å²) < 4.78 is 4.96. The number of rotatable bonds is 4. The first-order valence-corrected chi connectivity index (χ1v) is 4.89. The summed E-state index contributed by atoms with van der Waals surface area (Å²) in [4.78, 5) is 21.1. The molecule has 1 aromatic heterocycles. The fraction of sp³-hybridized carbons (Fsp3) is 0.500. The molecule has 1 aromatic rings. The van der Waals surface area contributed by atoms with E-state index in [1.807, 2.05) is 0 Å². The lowest BCUT2D eigenvalue weighted by Crippen LogP contribution is -2.37. The van der Waals surface area contributed by atoms with Crippen LogP contribution in [0, 0.1) is 0 Å². The van der Waals surface area contributed by atoms with E-state index < -0.39 is 0 Å². The standard InChI is InChI=1S/C10H16N4O2/c1-7(9(15)14(2)3)12-10-11-6-5-8(13-10)16-4/h5-7H,1-4H3,(H,11,12,13). The first-order valence-electron chi connectivity index (χ1n) is 4.89. The van der Waals surface area contributed by atoms with Crippen LogP contribution in [0.4, 0.5) is 5.95 Å². The number of ether oxygens (including phenoxy) is 1. The third kappa shape index (κ3) is 3.08. The van der Waals surface area contributed by atoms with Gasteiger partial charge >= 0.3 is 0 Å². The van der Waals surface area contributed by atoms with Gasteiger partial charge in [-0.05, 0) is 6.92 Å². The number of nitrogens with zero attached hydrogens (tertiary/aromatic N) is 3. The summed E-state index contributed by atoms with van der Waals surface area (Å²) in [5, 5.41) is 2.90. The Morgan fingerprint density at radius 2 is 2.25 bits per heavy atom. The van der Waals surface area contributed by atoms with Crippen molar-refractivity contribution in [2.75, 3.05) is 26.5 Å².